The third-order valence-electron chi connectivity index (χ3n) is 3.15. The van der Waals surface area contributed by atoms with Gasteiger partial charge in [-0.15, -0.1) is 0 Å². The van der Waals surface area contributed by atoms with Gasteiger partial charge < -0.3 is 10.0 Å². The Bertz CT molecular complexity index is 351. The van der Waals surface area contributed by atoms with Crippen LogP contribution in [0.1, 0.15) is 44.6 Å². The normalized spacial score (nSPS) is 10.4. The van der Waals surface area contributed by atoms with E-state index in [-0.39, 0.29) is 12.5 Å². The first-order valence-corrected chi connectivity index (χ1v) is 7.20. The van der Waals surface area contributed by atoms with Crippen LogP contribution in [0.2, 0.25) is 0 Å². The molecule has 3 nitrogen and oxygen atoms in total. The largest absolute Gasteiger partial charge is 0.396 e. The highest BCUT2D eigenvalue weighted by molar-refractivity contribution is 5.76. The minimum Gasteiger partial charge on any atom is -0.396 e. The fourth-order valence-corrected chi connectivity index (χ4v) is 2.04. The van der Waals surface area contributed by atoms with Crippen molar-refractivity contribution in [1.29, 1.82) is 0 Å². The first kappa shape index (κ1) is 15.7. The van der Waals surface area contributed by atoms with Crippen molar-refractivity contribution < 1.29 is 9.90 Å². The molecule has 1 rings (SSSR count). The summed E-state index contributed by atoms with van der Waals surface area (Å²) in [6, 6.07) is 10.0. The number of carbonyl (C=O) groups excluding carboxylic acids is 1. The van der Waals surface area contributed by atoms with E-state index < -0.39 is 0 Å². The number of aliphatic hydroxyl groups excluding tert-OH is 1. The lowest BCUT2D eigenvalue weighted by atomic mass is 10.1. The lowest BCUT2D eigenvalue weighted by Gasteiger charge is -2.22. The Labute approximate surface area is 116 Å². The number of unbranched alkanes of at least 4 members (excludes halogenated alkanes) is 2. The quantitative estimate of drug-likeness (QED) is 0.696. The van der Waals surface area contributed by atoms with Crippen molar-refractivity contribution in [3.8, 4) is 0 Å². The van der Waals surface area contributed by atoms with E-state index in [1.165, 1.54) is 0 Å². The van der Waals surface area contributed by atoms with Gasteiger partial charge in [0.25, 0.3) is 0 Å². The Hall–Kier alpha value is -1.35. The summed E-state index contributed by atoms with van der Waals surface area (Å²) in [5.41, 5.74) is 1.14. The van der Waals surface area contributed by atoms with Crippen LogP contribution in [0.25, 0.3) is 0 Å². The van der Waals surface area contributed by atoms with Crippen molar-refractivity contribution in [3.63, 3.8) is 0 Å². The van der Waals surface area contributed by atoms with Gasteiger partial charge in [-0.25, -0.2) is 0 Å². The van der Waals surface area contributed by atoms with E-state index in [9.17, 15) is 4.79 Å². The predicted molar refractivity (Wildman–Crippen MR) is 77.7 cm³/mol. The van der Waals surface area contributed by atoms with E-state index in [0.717, 1.165) is 24.8 Å². The van der Waals surface area contributed by atoms with Crippen molar-refractivity contribution in [1.82, 2.24) is 4.90 Å². The zero-order chi connectivity index (χ0) is 13.9. The molecule has 0 unspecified atom stereocenters. The first-order valence-electron chi connectivity index (χ1n) is 7.20. The predicted octanol–water partition coefficient (Wildman–Crippen LogP) is 2.98. The number of rotatable bonds is 9. The van der Waals surface area contributed by atoms with Gasteiger partial charge in [-0.2, -0.15) is 0 Å². The summed E-state index contributed by atoms with van der Waals surface area (Å²) in [5.74, 6) is 0.200. The molecule has 0 fully saturated rings. The third-order valence-corrected chi connectivity index (χ3v) is 3.15. The van der Waals surface area contributed by atoms with Crippen LogP contribution < -0.4 is 0 Å². The second-order valence-corrected chi connectivity index (χ2v) is 4.84. The Kier molecular flexibility index (Phi) is 7.91. The average Bonchev–Trinajstić information content (AvgIpc) is 2.44. The second kappa shape index (κ2) is 9.56. The van der Waals surface area contributed by atoms with Crippen LogP contribution in [0, 0.1) is 0 Å². The monoisotopic (exact) mass is 263 g/mol. The van der Waals surface area contributed by atoms with Crippen LogP contribution in [0.4, 0.5) is 0 Å². The number of carbonyl (C=O) groups is 1. The fourth-order valence-electron chi connectivity index (χ4n) is 2.04. The van der Waals surface area contributed by atoms with E-state index in [4.69, 9.17) is 5.11 Å². The number of benzene rings is 1. The van der Waals surface area contributed by atoms with Crippen molar-refractivity contribution in [2.24, 2.45) is 0 Å². The van der Waals surface area contributed by atoms with Crippen LogP contribution >= 0.6 is 0 Å². The molecule has 1 amide bonds. The molecule has 0 aliphatic rings. The van der Waals surface area contributed by atoms with E-state index >= 15 is 0 Å². The van der Waals surface area contributed by atoms with E-state index in [2.05, 4.69) is 6.92 Å². The summed E-state index contributed by atoms with van der Waals surface area (Å²) < 4.78 is 0. The number of hydrogen-bond donors (Lipinski definition) is 1. The Morgan fingerprint density at radius 2 is 1.89 bits per heavy atom. The van der Waals surface area contributed by atoms with Gasteiger partial charge in [0.05, 0.1) is 0 Å². The molecule has 0 aliphatic heterocycles. The van der Waals surface area contributed by atoms with Gasteiger partial charge in [-0.05, 0) is 18.4 Å². The maximum absolute atomic E-state index is 12.2. The average molecular weight is 263 g/mol. The number of nitrogens with zero attached hydrogens (tertiary/aromatic N) is 1. The molecule has 3 heteroatoms. The fraction of sp³-hybridized carbons (Fsp3) is 0.562. The van der Waals surface area contributed by atoms with Gasteiger partial charge in [-0.1, -0.05) is 50.1 Å². The molecule has 1 N–H and O–H groups in total. The molecule has 0 heterocycles. The van der Waals surface area contributed by atoms with E-state index in [1.807, 2.05) is 35.2 Å². The molecule has 0 atom stereocenters. The first-order chi connectivity index (χ1) is 9.27. The number of amides is 1. The molecule has 0 saturated carbocycles. The van der Waals surface area contributed by atoms with Gasteiger partial charge in [0.1, 0.15) is 0 Å². The smallest absolute Gasteiger partial charge is 0.222 e. The molecule has 1 aromatic carbocycles. The summed E-state index contributed by atoms with van der Waals surface area (Å²) in [7, 11) is 0. The SMILES string of the molecule is CCCCCC(=O)N(CCCO)Cc1ccccc1. The van der Waals surface area contributed by atoms with Gasteiger partial charge >= 0.3 is 0 Å². The van der Waals surface area contributed by atoms with Crippen molar-refractivity contribution in [2.45, 2.75) is 45.6 Å². The molecule has 0 radical (unpaired) electrons. The van der Waals surface area contributed by atoms with E-state index in [0.29, 0.717) is 25.9 Å². The highest BCUT2D eigenvalue weighted by Gasteiger charge is 2.12. The minimum absolute atomic E-state index is 0.132. The molecule has 106 valence electrons. The van der Waals surface area contributed by atoms with Gasteiger partial charge in [0.2, 0.25) is 5.91 Å². The summed E-state index contributed by atoms with van der Waals surface area (Å²) in [4.78, 5) is 14.0. The zero-order valence-electron chi connectivity index (χ0n) is 11.8. The molecule has 0 saturated heterocycles. The second-order valence-electron chi connectivity index (χ2n) is 4.84. The van der Waals surface area contributed by atoms with Crippen LogP contribution in [0.5, 0.6) is 0 Å². The third kappa shape index (κ3) is 6.39. The Balaban J connectivity index is 2.53. The Morgan fingerprint density at radius 1 is 1.16 bits per heavy atom. The summed E-state index contributed by atoms with van der Waals surface area (Å²) in [6.45, 7) is 3.55. The lowest BCUT2D eigenvalue weighted by molar-refractivity contribution is -0.132. The maximum atomic E-state index is 12.2. The minimum atomic E-state index is 0.132. The highest BCUT2D eigenvalue weighted by atomic mass is 16.3. The Morgan fingerprint density at radius 3 is 2.53 bits per heavy atom. The zero-order valence-corrected chi connectivity index (χ0v) is 11.8. The van der Waals surface area contributed by atoms with Crippen molar-refractivity contribution >= 4 is 5.91 Å². The molecular formula is C16H25NO2. The molecule has 0 spiro atoms. The van der Waals surface area contributed by atoms with Gasteiger partial charge in [-0.3, -0.25) is 4.79 Å². The molecule has 19 heavy (non-hydrogen) atoms. The molecule has 1 aromatic rings. The highest BCUT2D eigenvalue weighted by Crippen LogP contribution is 2.09. The number of hydrogen-bond acceptors (Lipinski definition) is 2. The van der Waals surface area contributed by atoms with Crippen LogP contribution in [-0.2, 0) is 11.3 Å². The lowest BCUT2D eigenvalue weighted by Crippen LogP contribution is -2.31. The van der Waals surface area contributed by atoms with Crippen LogP contribution in [-0.4, -0.2) is 29.1 Å². The van der Waals surface area contributed by atoms with E-state index in [1.54, 1.807) is 0 Å². The summed E-state index contributed by atoms with van der Waals surface area (Å²) >= 11 is 0. The molecular weight excluding hydrogens is 238 g/mol. The molecule has 0 bridgehead atoms. The molecule has 0 aliphatic carbocycles. The number of aliphatic hydroxyl groups is 1. The van der Waals surface area contributed by atoms with Crippen LogP contribution in [0.3, 0.4) is 0 Å². The van der Waals surface area contributed by atoms with Crippen molar-refractivity contribution in [3.05, 3.63) is 35.9 Å². The van der Waals surface area contributed by atoms with Gasteiger partial charge in [0.15, 0.2) is 0 Å². The standard InChI is InChI=1S/C16H25NO2/c1-2-3-5-11-16(19)17(12-8-13-18)14-15-9-6-4-7-10-15/h4,6-7,9-10,18H,2-3,5,8,11-14H2,1H3. The van der Waals surface area contributed by atoms with Gasteiger partial charge in [0, 0.05) is 26.1 Å². The molecule has 0 aromatic heterocycles. The van der Waals surface area contributed by atoms with Crippen LogP contribution in [0.15, 0.2) is 30.3 Å². The summed E-state index contributed by atoms with van der Waals surface area (Å²) in [5, 5.41) is 8.94. The topological polar surface area (TPSA) is 40.5 Å². The summed E-state index contributed by atoms with van der Waals surface area (Å²) in [6.07, 6.45) is 4.45. The maximum Gasteiger partial charge on any atom is 0.222 e. The van der Waals surface area contributed by atoms with Crippen molar-refractivity contribution in [2.75, 3.05) is 13.2 Å².